The predicted molar refractivity (Wildman–Crippen MR) is 66.8 cm³/mol. The maximum Gasteiger partial charge on any atom is 0.356 e. The molecule has 0 atom stereocenters. The van der Waals surface area contributed by atoms with E-state index in [-0.39, 0.29) is 6.61 Å². The van der Waals surface area contributed by atoms with E-state index < -0.39 is 18.4 Å². The van der Waals surface area contributed by atoms with Crippen LogP contribution < -0.4 is 0 Å². The monoisotopic (exact) mass is 273 g/mol. The highest BCUT2D eigenvalue weighted by Gasteiger charge is 2.08. The first-order chi connectivity index (χ1) is 8.63. The van der Waals surface area contributed by atoms with E-state index in [1.54, 1.807) is 6.07 Å². The first-order valence-corrected chi connectivity index (χ1v) is 5.74. The average Bonchev–Trinajstić information content (AvgIpc) is 2.33. The highest BCUT2D eigenvalue weighted by atomic mass is 35.5. The Labute approximate surface area is 109 Å². The summed E-state index contributed by atoms with van der Waals surface area (Å²) >= 11 is 5.82. The van der Waals surface area contributed by atoms with E-state index in [0.29, 0.717) is 11.4 Å². The van der Waals surface area contributed by atoms with Crippen molar-refractivity contribution in [3.8, 4) is 0 Å². The summed E-state index contributed by atoms with van der Waals surface area (Å²) in [5.74, 6) is -1.41. The van der Waals surface area contributed by atoms with Crippen LogP contribution in [0.1, 0.15) is 12.0 Å². The van der Waals surface area contributed by atoms with E-state index in [0.717, 1.165) is 12.0 Å². The Hall–Kier alpha value is -1.62. The van der Waals surface area contributed by atoms with Crippen molar-refractivity contribution in [1.29, 1.82) is 0 Å². The lowest BCUT2D eigenvalue weighted by Crippen LogP contribution is -2.15. The van der Waals surface area contributed by atoms with Gasteiger partial charge >= 0.3 is 5.97 Å². The standard InChI is InChI=1S/C12H13ClFNO3/c13-10-5-1-3-9(7-10)4-2-6-18-15-11(8-14)12(16)17/h1,3,5,7H,2,4,6,8H2,(H,16,17)/b15-11-. The zero-order valence-corrected chi connectivity index (χ0v) is 10.4. The van der Waals surface area contributed by atoms with Gasteiger partial charge in [-0.15, -0.1) is 0 Å². The normalized spacial score (nSPS) is 11.3. The smallest absolute Gasteiger partial charge is 0.356 e. The summed E-state index contributed by atoms with van der Waals surface area (Å²) in [6.45, 7) is -0.924. The van der Waals surface area contributed by atoms with Gasteiger partial charge in [0, 0.05) is 5.02 Å². The lowest BCUT2D eigenvalue weighted by molar-refractivity contribution is -0.129. The van der Waals surface area contributed by atoms with Crippen molar-refractivity contribution < 1.29 is 19.1 Å². The van der Waals surface area contributed by atoms with Crippen LogP contribution in [-0.2, 0) is 16.1 Å². The number of carboxylic acid groups (broad SMARTS) is 1. The maximum absolute atomic E-state index is 12.1. The first kappa shape index (κ1) is 14.4. The minimum Gasteiger partial charge on any atom is -0.477 e. The molecular formula is C12H13ClFNO3. The van der Waals surface area contributed by atoms with Gasteiger partial charge in [0.2, 0.25) is 0 Å². The molecule has 4 nitrogen and oxygen atoms in total. The fourth-order valence-corrected chi connectivity index (χ4v) is 1.49. The third kappa shape index (κ3) is 5.14. The van der Waals surface area contributed by atoms with Crippen LogP contribution in [0.3, 0.4) is 0 Å². The first-order valence-electron chi connectivity index (χ1n) is 5.36. The molecule has 0 aliphatic heterocycles. The molecule has 0 amide bonds. The Bertz CT molecular complexity index is 437. The van der Waals surface area contributed by atoms with Gasteiger partial charge in [0.05, 0.1) is 0 Å². The van der Waals surface area contributed by atoms with Gasteiger partial charge in [0.15, 0.2) is 5.71 Å². The molecule has 0 radical (unpaired) electrons. The molecule has 0 fully saturated rings. The maximum atomic E-state index is 12.1. The number of benzene rings is 1. The molecule has 0 aromatic heterocycles. The molecule has 0 heterocycles. The summed E-state index contributed by atoms with van der Waals surface area (Å²) in [5, 5.41) is 12.3. The van der Waals surface area contributed by atoms with E-state index in [1.165, 1.54) is 0 Å². The van der Waals surface area contributed by atoms with Crippen molar-refractivity contribution >= 4 is 23.3 Å². The summed E-state index contributed by atoms with van der Waals surface area (Å²) in [6, 6.07) is 7.41. The molecule has 1 aromatic rings. The fourth-order valence-electron chi connectivity index (χ4n) is 1.28. The third-order valence-electron chi connectivity index (χ3n) is 2.14. The number of aliphatic carboxylic acids is 1. The number of alkyl halides is 1. The highest BCUT2D eigenvalue weighted by Crippen LogP contribution is 2.12. The lowest BCUT2D eigenvalue weighted by Gasteiger charge is -2.02. The zero-order valence-electron chi connectivity index (χ0n) is 9.60. The van der Waals surface area contributed by atoms with E-state index in [4.69, 9.17) is 21.5 Å². The molecular weight excluding hydrogens is 261 g/mol. The molecule has 18 heavy (non-hydrogen) atoms. The second-order valence-corrected chi connectivity index (χ2v) is 3.98. The molecule has 98 valence electrons. The molecule has 0 spiro atoms. The van der Waals surface area contributed by atoms with Crippen molar-refractivity contribution in [2.45, 2.75) is 12.8 Å². The number of rotatable bonds is 7. The largest absolute Gasteiger partial charge is 0.477 e. The van der Waals surface area contributed by atoms with Crippen LogP contribution in [0.2, 0.25) is 5.02 Å². The average molecular weight is 274 g/mol. The van der Waals surface area contributed by atoms with Crippen LogP contribution in [0.4, 0.5) is 4.39 Å². The molecule has 0 aliphatic carbocycles. The van der Waals surface area contributed by atoms with E-state index in [1.807, 2.05) is 18.2 Å². The summed E-state index contributed by atoms with van der Waals surface area (Å²) in [4.78, 5) is 15.1. The molecule has 0 aliphatic rings. The van der Waals surface area contributed by atoms with Crippen molar-refractivity contribution in [2.75, 3.05) is 13.3 Å². The van der Waals surface area contributed by atoms with Crippen LogP contribution >= 0.6 is 11.6 Å². The zero-order chi connectivity index (χ0) is 13.4. The summed E-state index contributed by atoms with van der Waals surface area (Å²) in [5.41, 5.74) is 0.428. The van der Waals surface area contributed by atoms with Gasteiger partial charge in [-0.3, -0.25) is 0 Å². The Balaban J connectivity index is 2.29. The topological polar surface area (TPSA) is 58.9 Å². The lowest BCUT2D eigenvalue weighted by atomic mass is 10.1. The van der Waals surface area contributed by atoms with Crippen molar-refractivity contribution in [2.24, 2.45) is 5.16 Å². The minimum absolute atomic E-state index is 0.225. The van der Waals surface area contributed by atoms with E-state index in [9.17, 15) is 9.18 Å². The number of hydrogen-bond donors (Lipinski definition) is 1. The quantitative estimate of drug-likeness (QED) is 0.472. The second-order valence-electron chi connectivity index (χ2n) is 3.54. The Morgan fingerprint density at radius 3 is 2.89 bits per heavy atom. The number of oxime groups is 1. The number of halogens is 2. The van der Waals surface area contributed by atoms with Crippen molar-refractivity contribution in [3.63, 3.8) is 0 Å². The van der Waals surface area contributed by atoms with Gasteiger partial charge < -0.3 is 9.94 Å². The van der Waals surface area contributed by atoms with Crippen molar-refractivity contribution in [1.82, 2.24) is 0 Å². The fraction of sp³-hybridized carbons (Fsp3) is 0.333. The second kappa shape index (κ2) is 7.66. The molecule has 1 aromatic carbocycles. The molecule has 1 N–H and O–H groups in total. The van der Waals surface area contributed by atoms with Gasteiger partial charge in [-0.2, -0.15) is 0 Å². The summed E-state index contributed by atoms with van der Waals surface area (Å²) < 4.78 is 12.1. The van der Waals surface area contributed by atoms with Gasteiger partial charge in [-0.1, -0.05) is 28.9 Å². The van der Waals surface area contributed by atoms with Gasteiger partial charge in [-0.25, -0.2) is 9.18 Å². The van der Waals surface area contributed by atoms with Crippen LogP contribution in [-0.4, -0.2) is 30.1 Å². The van der Waals surface area contributed by atoms with Crippen molar-refractivity contribution in [3.05, 3.63) is 34.9 Å². The Kier molecular flexibility index (Phi) is 6.14. The number of carbonyl (C=O) groups is 1. The molecule has 0 unspecified atom stereocenters. The molecule has 0 bridgehead atoms. The third-order valence-corrected chi connectivity index (χ3v) is 2.37. The van der Waals surface area contributed by atoms with Crippen LogP contribution in [0.25, 0.3) is 0 Å². The van der Waals surface area contributed by atoms with Gasteiger partial charge in [0.1, 0.15) is 13.3 Å². The molecule has 0 saturated heterocycles. The summed E-state index contributed by atoms with van der Waals surface area (Å²) in [7, 11) is 0. The van der Waals surface area contributed by atoms with E-state index >= 15 is 0 Å². The highest BCUT2D eigenvalue weighted by molar-refractivity contribution is 6.36. The number of carboxylic acids is 1. The SMILES string of the molecule is O=C(O)/C(CF)=N\OCCCc1cccc(Cl)c1. The number of hydrogen-bond acceptors (Lipinski definition) is 3. The predicted octanol–water partition coefficient (Wildman–Crippen LogP) is 2.70. The van der Waals surface area contributed by atoms with Crippen LogP contribution in [0, 0.1) is 0 Å². The van der Waals surface area contributed by atoms with E-state index in [2.05, 4.69) is 5.16 Å². The van der Waals surface area contributed by atoms with Gasteiger partial charge in [-0.05, 0) is 30.5 Å². The molecule has 0 saturated carbocycles. The molecule has 6 heteroatoms. The molecule has 1 rings (SSSR count). The Morgan fingerprint density at radius 1 is 1.50 bits per heavy atom. The van der Waals surface area contributed by atoms with Crippen LogP contribution in [0.15, 0.2) is 29.4 Å². The minimum atomic E-state index is -1.41. The summed E-state index contributed by atoms with van der Waals surface area (Å²) in [6.07, 6.45) is 1.37. The number of nitrogens with zero attached hydrogens (tertiary/aromatic N) is 1. The van der Waals surface area contributed by atoms with Gasteiger partial charge in [0.25, 0.3) is 0 Å². The van der Waals surface area contributed by atoms with Crippen LogP contribution in [0.5, 0.6) is 0 Å². The number of aryl methyl sites for hydroxylation is 1. The Morgan fingerprint density at radius 2 is 2.28 bits per heavy atom.